The number of halogens is 2. The Labute approximate surface area is 127 Å². The Kier molecular flexibility index (Phi) is 4.13. The van der Waals surface area contributed by atoms with E-state index in [0.29, 0.717) is 21.3 Å². The van der Waals surface area contributed by atoms with Gasteiger partial charge in [-0.05, 0) is 42.8 Å². The SMILES string of the molecule is Cc1c(Cl)cccc1NS(=O)(=O)c1ccc(Cl)cc1N. The summed E-state index contributed by atoms with van der Waals surface area (Å²) in [6.07, 6.45) is 0. The van der Waals surface area contributed by atoms with E-state index in [1.54, 1.807) is 25.1 Å². The van der Waals surface area contributed by atoms with Crippen LogP contribution >= 0.6 is 23.2 Å². The molecule has 0 aliphatic rings. The molecule has 20 heavy (non-hydrogen) atoms. The summed E-state index contributed by atoms with van der Waals surface area (Å²) in [4.78, 5) is -0.0266. The lowest BCUT2D eigenvalue weighted by atomic mass is 10.2. The van der Waals surface area contributed by atoms with Crippen LogP contribution in [0, 0.1) is 6.92 Å². The van der Waals surface area contributed by atoms with Gasteiger partial charge >= 0.3 is 0 Å². The van der Waals surface area contributed by atoms with Crippen molar-refractivity contribution in [3.05, 3.63) is 52.0 Å². The first kappa shape index (κ1) is 15.0. The molecule has 0 saturated carbocycles. The monoisotopic (exact) mass is 330 g/mol. The highest BCUT2D eigenvalue weighted by molar-refractivity contribution is 7.92. The number of nitrogens with one attached hydrogen (secondary N) is 1. The molecule has 7 heteroatoms. The Morgan fingerprint density at radius 2 is 1.85 bits per heavy atom. The third-order valence-electron chi connectivity index (χ3n) is 2.77. The van der Waals surface area contributed by atoms with Crippen LogP contribution in [-0.2, 0) is 10.0 Å². The minimum absolute atomic E-state index is 0.0266. The molecule has 2 aromatic rings. The Morgan fingerprint density at radius 3 is 2.50 bits per heavy atom. The van der Waals surface area contributed by atoms with Crippen molar-refractivity contribution < 1.29 is 8.42 Å². The Hall–Kier alpha value is -1.43. The van der Waals surface area contributed by atoms with Crippen LogP contribution in [0.3, 0.4) is 0 Å². The summed E-state index contributed by atoms with van der Waals surface area (Å²) in [5, 5.41) is 0.856. The zero-order valence-corrected chi connectivity index (χ0v) is 12.9. The lowest BCUT2D eigenvalue weighted by Gasteiger charge is -2.13. The van der Waals surface area contributed by atoms with Gasteiger partial charge in [0.25, 0.3) is 10.0 Å². The van der Waals surface area contributed by atoms with E-state index in [1.165, 1.54) is 18.2 Å². The van der Waals surface area contributed by atoms with E-state index >= 15 is 0 Å². The van der Waals surface area contributed by atoms with Crippen LogP contribution in [0.5, 0.6) is 0 Å². The standard InChI is InChI=1S/C13H12Cl2N2O2S/c1-8-10(15)3-2-4-12(8)17-20(18,19)13-6-5-9(14)7-11(13)16/h2-7,17H,16H2,1H3. The van der Waals surface area contributed by atoms with E-state index in [1.807, 2.05) is 0 Å². The zero-order chi connectivity index (χ0) is 14.9. The number of hydrogen-bond donors (Lipinski definition) is 2. The van der Waals surface area contributed by atoms with Gasteiger partial charge in [-0.25, -0.2) is 8.42 Å². The third-order valence-corrected chi connectivity index (χ3v) is 4.86. The minimum Gasteiger partial charge on any atom is -0.398 e. The number of hydrogen-bond acceptors (Lipinski definition) is 3. The second kappa shape index (κ2) is 5.52. The first-order chi connectivity index (χ1) is 9.31. The lowest BCUT2D eigenvalue weighted by molar-refractivity contribution is 0.601. The van der Waals surface area contributed by atoms with Crippen LogP contribution in [0.4, 0.5) is 11.4 Å². The van der Waals surface area contributed by atoms with Gasteiger partial charge in [0.05, 0.1) is 11.4 Å². The van der Waals surface area contributed by atoms with Gasteiger partial charge in [0, 0.05) is 10.0 Å². The van der Waals surface area contributed by atoms with E-state index in [0.717, 1.165) is 0 Å². The molecule has 2 rings (SSSR count). The number of nitrogen functional groups attached to an aromatic ring is 1. The molecule has 2 aromatic carbocycles. The molecule has 0 aromatic heterocycles. The number of nitrogens with two attached hydrogens (primary N) is 1. The number of sulfonamides is 1. The van der Waals surface area contributed by atoms with Crippen molar-refractivity contribution in [2.45, 2.75) is 11.8 Å². The van der Waals surface area contributed by atoms with E-state index < -0.39 is 10.0 Å². The predicted molar refractivity (Wildman–Crippen MR) is 82.9 cm³/mol. The van der Waals surface area contributed by atoms with E-state index in [-0.39, 0.29) is 10.6 Å². The van der Waals surface area contributed by atoms with Crippen molar-refractivity contribution in [2.75, 3.05) is 10.5 Å². The predicted octanol–water partition coefficient (Wildman–Crippen LogP) is 3.68. The largest absolute Gasteiger partial charge is 0.398 e. The first-order valence-corrected chi connectivity index (χ1v) is 7.88. The molecule has 0 bridgehead atoms. The van der Waals surface area contributed by atoms with Crippen molar-refractivity contribution >= 4 is 44.6 Å². The molecule has 0 atom stereocenters. The van der Waals surface area contributed by atoms with Crippen molar-refractivity contribution in [3.8, 4) is 0 Å². The van der Waals surface area contributed by atoms with E-state index in [4.69, 9.17) is 28.9 Å². The molecule has 0 fully saturated rings. The molecule has 0 radical (unpaired) electrons. The Morgan fingerprint density at radius 1 is 1.15 bits per heavy atom. The van der Waals surface area contributed by atoms with Crippen LogP contribution in [0.1, 0.15) is 5.56 Å². The summed E-state index contributed by atoms with van der Waals surface area (Å²) in [6.45, 7) is 1.73. The van der Waals surface area contributed by atoms with E-state index in [9.17, 15) is 8.42 Å². The minimum atomic E-state index is -3.79. The number of rotatable bonds is 3. The van der Waals surface area contributed by atoms with Gasteiger partial charge in [0.1, 0.15) is 4.90 Å². The highest BCUT2D eigenvalue weighted by Crippen LogP contribution is 2.28. The van der Waals surface area contributed by atoms with Gasteiger partial charge in [0.2, 0.25) is 0 Å². The third kappa shape index (κ3) is 3.00. The van der Waals surface area contributed by atoms with Crippen LogP contribution in [0.2, 0.25) is 10.0 Å². The summed E-state index contributed by atoms with van der Waals surface area (Å²) in [6, 6.07) is 9.20. The maximum Gasteiger partial charge on any atom is 0.263 e. The normalized spacial score (nSPS) is 11.3. The fourth-order valence-corrected chi connectivity index (χ4v) is 3.27. The van der Waals surface area contributed by atoms with Crippen LogP contribution in [-0.4, -0.2) is 8.42 Å². The highest BCUT2D eigenvalue weighted by Gasteiger charge is 2.19. The second-order valence-corrected chi connectivity index (χ2v) is 6.69. The van der Waals surface area contributed by atoms with E-state index in [2.05, 4.69) is 4.72 Å². The molecule has 3 N–H and O–H groups in total. The van der Waals surface area contributed by atoms with Crippen LogP contribution in [0.25, 0.3) is 0 Å². The smallest absolute Gasteiger partial charge is 0.263 e. The Balaban J connectivity index is 2.44. The second-order valence-electron chi connectivity index (χ2n) is 4.20. The van der Waals surface area contributed by atoms with Gasteiger partial charge in [-0.2, -0.15) is 0 Å². The molecule has 0 unspecified atom stereocenters. The van der Waals surface area contributed by atoms with Gasteiger partial charge in [-0.3, -0.25) is 4.72 Å². The quantitative estimate of drug-likeness (QED) is 0.843. The molecule has 0 heterocycles. The fourth-order valence-electron chi connectivity index (χ4n) is 1.68. The van der Waals surface area contributed by atoms with Crippen LogP contribution in [0.15, 0.2) is 41.3 Å². The van der Waals surface area contributed by atoms with Gasteiger partial charge in [-0.15, -0.1) is 0 Å². The Bertz CT molecular complexity index is 761. The van der Waals surface area contributed by atoms with Crippen molar-refractivity contribution in [3.63, 3.8) is 0 Å². The maximum atomic E-state index is 12.3. The molecule has 106 valence electrons. The summed E-state index contributed by atoms with van der Waals surface area (Å²) < 4.78 is 27.1. The molecule has 0 amide bonds. The number of benzene rings is 2. The van der Waals surface area contributed by atoms with Crippen LogP contribution < -0.4 is 10.5 Å². The van der Waals surface area contributed by atoms with Crippen molar-refractivity contribution in [1.29, 1.82) is 0 Å². The molecular weight excluding hydrogens is 319 g/mol. The maximum absolute atomic E-state index is 12.3. The summed E-state index contributed by atoms with van der Waals surface area (Å²) in [7, 11) is -3.79. The topological polar surface area (TPSA) is 72.2 Å². The molecule has 0 spiro atoms. The highest BCUT2D eigenvalue weighted by atomic mass is 35.5. The zero-order valence-electron chi connectivity index (χ0n) is 10.5. The molecular formula is C13H12Cl2N2O2S. The average molecular weight is 331 g/mol. The van der Waals surface area contributed by atoms with Gasteiger partial charge < -0.3 is 5.73 Å². The molecule has 0 aliphatic heterocycles. The van der Waals surface area contributed by atoms with Gasteiger partial charge in [-0.1, -0.05) is 29.3 Å². The molecule has 0 aliphatic carbocycles. The molecule has 0 saturated heterocycles. The summed E-state index contributed by atoms with van der Waals surface area (Å²) in [5.41, 5.74) is 6.84. The first-order valence-electron chi connectivity index (χ1n) is 5.64. The van der Waals surface area contributed by atoms with Crippen molar-refractivity contribution in [1.82, 2.24) is 0 Å². The summed E-state index contributed by atoms with van der Waals surface area (Å²) >= 11 is 11.7. The van der Waals surface area contributed by atoms with Crippen molar-refractivity contribution in [2.24, 2.45) is 0 Å². The lowest BCUT2D eigenvalue weighted by Crippen LogP contribution is -2.15. The molecule has 4 nitrogen and oxygen atoms in total. The number of anilines is 2. The average Bonchev–Trinajstić information content (AvgIpc) is 2.34. The fraction of sp³-hybridized carbons (Fsp3) is 0.0769. The van der Waals surface area contributed by atoms with Gasteiger partial charge in [0.15, 0.2) is 0 Å². The summed E-state index contributed by atoms with van der Waals surface area (Å²) in [5.74, 6) is 0.